The third-order valence-electron chi connectivity index (χ3n) is 7.12. The van der Waals surface area contributed by atoms with Crippen LogP contribution in [0, 0.1) is 5.82 Å². The molecule has 0 aliphatic carbocycles. The van der Waals surface area contributed by atoms with Gasteiger partial charge in [0.15, 0.2) is 5.65 Å². The fraction of sp³-hybridized carbons (Fsp3) is 0.276. The molecular formula is C29H30FN7O. The SMILES string of the molecule is CN1CCN(c2ccc(-c3nc4nccc(-c5cn(CCCO)nc5-c5ccc(F)cc5)c4[nH]3)cc2)CC1. The fourth-order valence-corrected chi connectivity index (χ4v) is 4.95. The normalized spacial score (nSPS) is 14.4. The number of aliphatic hydroxyl groups is 1. The molecule has 0 bridgehead atoms. The number of hydrogen-bond donors (Lipinski definition) is 2. The smallest absolute Gasteiger partial charge is 0.178 e. The standard InChI is InChI=1S/C29H30FN7O/c1-35-14-16-36(17-15-35)23-9-5-21(6-10-23)28-32-27-24(11-12-31-29(27)33-28)25-19-37(13-2-18-38)34-26(25)20-3-7-22(30)8-4-20/h3-12,19,38H,2,13-18H2,1H3,(H,31,32,33). The summed E-state index contributed by atoms with van der Waals surface area (Å²) in [6, 6.07) is 16.8. The van der Waals surface area contributed by atoms with Crippen LogP contribution in [-0.4, -0.2) is 74.6 Å². The number of likely N-dealkylation sites (N-methyl/N-ethyl adjacent to an activating group) is 1. The van der Waals surface area contributed by atoms with Gasteiger partial charge >= 0.3 is 0 Å². The predicted octanol–water partition coefficient (Wildman–Crippen LogP) is 4.43. The molecule has 6 rings (SSSR count). The van der Waals surface area contributed by atoms with Crippen LogP contribution in [0.4, 0.5) is 10.1 Å². The molecule has 1 saturated heterocycles. The van der Waals surface area contributed by atoms with E-state index in [1.54, 1.807) is 18.3 Å². The van der Waals surface area contributed by atoms with Gasteiger partial charge in [-0.05, 0) is 68.1 Å². The number of aromatic amines is 1. The predicted molar refractivity (Wildman–Crippen MR) is 147 cm³/mol. The molecule has 3 aromatic heterocycles. The summed E-state index contributed by atoms with van der Waals surface area (Å²) >= 11 is 0. The minimum absolute atomic E-state index is 0.0814. The number of aliphatic hydroxyl groups excluding tert-OH is 1. The Morgan fingerprint density at radius 1 is 0.921 bits per heavy atom. The van der Waals surface area contributed by atoms with Crippen molar-refractivity contribution in [3.8, 4) is 33.8 Å². The average molecular weight is 512 g/mol. The first-order chi connectivity index (χ1) is 18.6. The molecule has 194 valence electrons. The summed E-state index contributed by atoms with van der Waals surface area (Å²) in [6.45, 7) is 4.84. The molecule has 5 aromatic rings. The second-order valence-corrected chi connectivity index (χ2v) is 9.72. The van der Waals surface area contributed by atoms with Crippen LogP contribution in [-0.2, 0) is 6.54 Å². The molecule has 9 heteroatoms. The minimum atomic E-state index is -0.293. The summed E-state index contributed by atoms with van der Waals surface area (Å²) in [6.07, 6.45) is 4.31. The van der Waals surface area contributed by atoms with E-state index in [1.165, 1.54) is 17.8 Å². The molecule has 8 nitrogen and oxygen atoms in total. The second-order valence-electron chi connectivity index (χ2n) is 9.72. The number of imidazole rings is 1. The molecule has 0 radical (unpaired) electrons. The Bertz CT molecular complexity index is 1530. The van der Waals surface area contributed by atoms with E-state index in [4.69, 9.17) is 10.1 Å². The number of fused-ring (bicyclic) bond motifs is 1. The molecular weight excluding hydrogens is 481 g/mol. The molecule has 0 spiro atoms. The van der Waals surface area contributed by atoms with Crippen LogP contribution in [0.3, 0.4) is 0 Å². The maximum atomic E-state index is 13.6. The van der Waals surface area contributed by atoms with E-state index in [2.05, 4.69) is 51.1 Å². The minimum Gasteiger partial charge on any atom is -0.396 e. The van der Waals surface area contributed by atoms with Crippen molar-refractivity contribution in [2.75, 3.05) is 44.7 Å². The van der Waals surface area contributed by atoms with Crippen LogP contribution >= 0.6 is 0 Å². The maximum Gasteiger partial charge on any atom is 0.178 e. The summed E-state index contributed by atoms with van der Waals surface area (Å²) in [7, 11) is 2.16. The van der Waals surface area contributed by atoms with E-state index < -0.39 is 0 Å². The highest BCUT2D eigenvalue weighted by Crippen LogP contribution is 2.35. The van der Waals surface area contributed by atoms with Crippen molar-refractivity contribution in [3.05, 3.63) is 72.8 Å². The first kappa shape index (κ1) is 24.3. The monoisotopic (exact) mass is 511 g/mol. The molecule has 38 heavy (non-hydrogen) atoms. The van der Waals surface area contributed by atoms with E-state index in [-0.39, 0.29) is 12.4 Å². The van der Waals surface area contributed by atoms with Crippen LogP contribution < -0.4 is 4.90 Å². The molecule has 2 N–H and O–H groups in total. The molecule has 1 aliphatic heterocycles. The number of piperazine rings is 1. The number of aryl methyl sites for hydroxylation is 1. The van der Waals surface area contributed by atoms with Gasteiger partial charge in [0.05, 0.1) is 5.52 Å². The quantitative estimate of drug-likeness (QED) is 0.336. The largest absolute Gasteiger partial charge is 0.396 e. The topological polar surface area (TPSA) is 86.1 Å². The van der Waals surface area contributed by atoms with Crippen LogP contribution in [0.2, 0.25) is 0 Å². The molecule has 0 atom stereocenters. The summed E-state index contributed by atoms with van der Waals surface area (Å²) < 4.78 is 15.5. The number of pyridine rings is 1. The van der Waals surface area contributed by atoms with Gasteiger partial charge in [0.2, 0.25) is 0 Å². The van der Waals surface area contributed by atoms with Crippen molar-refractivity contribution in [1.29, 1.82) is 0 Å². The Kier molecular flexibility index (Phi) is 6.61. The van der Waals surface area contributed by atoms with Crippen molar-refractivity contribution in [2.24, 2.45) is 0 Å². The molecule has 1 fully saturated rings. The van der Waals surface area contributed by atoms with E-state index >= 15 is 0 Å². The summed E-state index contributed by atoms with van der Waals surface area (Å²) in [5, 5.41) is 14.1. The number of anilines is 1. The summed E-state index contributed by atoms with van der Waals surface area (Å²) in [5.74, 6) is 0.457. The first-order valence-corrected chi connectivity index (χ1v) is 12.9. The number of rotatable bonds is 7. The lowest BCUT2D eigenvalue weighted by molar-refractivity contribution is 0.277. The lowest BCUT2D eigenvalue weighted by atomic mass is 10.0. The van der Waals surface area contributed by atoms with Gasteiger partial charge in [0, 0.05) is 79.7 Å². The number of benzene rings is 2. The van der Waals surface area contributed by atoms with Gasteiger partial charge in [-0.15, -0.1) is 0 Å². The molecule has 0 amide bonds. The maximum absolute atomic E-state index is 13.6. The van der Waals surface area contributed by atoms with Crippen molar-refractivity contribution in [2.45, 2.75) is 13.0 Å². The lowest BCUT2D eigenvalue weighted by Gasteiger charge is -2.34. The van der Waals surface area contributed by atoms with Gasteiger partial charge in [-0.25, -0.2) is 14.4 Å². The molecule has 0 saturated carbocycles. The number of nitrogens with one attached hydrogen (secondary N) is 1. The fourth-order valence-electron chi connectivity index (χ4n) is 4.95. The van der Waals surface area contributed by atoms with E-state index in [0.717, 1.165) is 65.5 Å². The zero-order chi connectivity index (χ0) is 26.1. The Labute approximate surface area is 220 Å². The third-order valence-corrected chi connectivity index (χ3v) is 7.12. The van der Waals surface area contributed by atoms with Crippen LogP contribution in [0.15, 0.2) is 67.0 Å². The number of hydrogen-bond acceptors (Lipinski definition) is 6. The highest BCUT2D eigenvalue weighted by atomic mass is 19.1. The highest BCUT2D eigenvalue weighted by molar-refractivity contribution is 5.95. The van der Waals surface area contributed by atoms with Crippen LogP contribution in [0.25, 0.3) is 44.9 Å². The van der Waals surface area contributed by atoms with Crippen molar-refractivity contribution >= 4 is 16.9 Å². The highest BCUT2D eigenvalue weighted by Gasteiger charge is 2.19. The van der Waals surface area contributed by atoms with E-state index in [1.807, 2.05) is 16.9 Å². The molecule has 2 aromatic carbocycles. The van der Waals surface area contributed by atoms with Gasteiger partial charge in [0.25, 0.3) is 0 Å². The first-order valence-electron chi connectivity index (χ1n) is 12.9. The molecule has 0 unspecified atom stereocenters. The van der Waals surface area contributed by atoms with Crippen molar-refractivity contribution < 1.29 is 9.50 Å². The van der Waals surface area contributed by atoms with Gasteiger partial charge in [-0.2, -0.15) is 5.10 Å². The Balaban J connectivity index is 1.37. The third kappa shape index (κ3) is 4.78. The van der Waals surface area contributed by atoms with Crippen LogP contribution in [0.1, 0.15) is 6.42 Å². The Morgan fingerprint density at radius 2 is 1.66 bits per heavy atom. The van der Waals surface area contributed by atoms with Gasteiger partial charge in [0.1, 0.15) is 17.3 Å². The molecule has 4 heterocycles. The zero-order valence-electron chi connectivity index (χ0n) is 21.3. The summed E-state index contributed by atoms with van der Waals surface area (Å²) in [5.41, 5.74) is 7.00. The zero-order valence-corrected chi connectivity index (χ0v) is 21.3. The summed E-state index contributed by atoms with van der Waals surface area (Å²) in [4.78, 5) is 17.6. The Morgan fingerprint density at radius 3 is 2.39 bits per heavy atom. The van der Waals surface area contributed by atoms with Crippen LogP contribution in [0.5, 0.6) is 0 Å². The van der Waals surface area contributed by atoms with Gasteiger partial charge in [-0.1, -0.05) is 0 Å². The van der Waals surface area contributed by atoms with E-state index in [0.29, 0.717) is 18.6 Å². The second kappa shape index (κ2) is 10.4. The number of halogens is 1. The number of H-pyrrole nitrogens is 1. The van der Waals surface area contributed by atoms with Crippen molar-refractivity contribution in [3.63, 3.8) is 0 Å². The Hall–Kier alpha value is -4.08. The van der Waals surface area contributed by atoms with E-state index in [9.17, 15) is 9.50 Å². The average Bonchev–Trinajstić information content (AvgIpc) is 3.58. The lowest BCUT2D eigenvalue weighted by Crippen LogP contribution is -2.44. The number of aromatic nitrogens is 5. The van der Waals surface area contributed by atoms with Crippen molar-refractivity contribution in [1.82, 2.24) is 29.6 Å². The molecule has 1 aliphatic rings. The number of nitrogens with zero attached hydrogens (tertiary/aromatic N) is 6. The van der Waals surface area contributed by atoms with Gasteiger partial charge < -0.3 is 19.9 Å². The van der Waals surface area contributed by atoms with Gasteiger partial charge in [-0.3, -0.25) is 4.68 Å².